The molecule has 0 aliphatic carbocycles. The molecule has 0 amide bonds. The highest BCUT2D eigenvalue weighted by atomic mass is 19.4. The molecule has 0 saturated carbocycles. The summed E-state index contributed by atoms with van der Waals surface area (Å²) < 4.78 is 104. The first-order valence-electron chi connectivity index (χ1n) is 3.03. The monoisotopic (exact) mass is 234 g/mol. The SMILES string of the molecule is FC(F)C(C(F)C(F)(F)F)C(F)(F)F. The van der Waals surface area contributed by atoms with E-state index in [0.717, 1.165) is 0 Å². The van der Waals surface area contributed by atoms with Gasteiger partial charge in [0.2, 0.25) is 6.17 Å². The maximum Gasteiger partial charge on any atom is 0.420 e. The van der Waals surface area contributed by atoms with Crippen LogP contribution in [0.2, 0.25) is 0 Å². The molecule has 0 bridgehead atoms. The molecule has 2 atom stereocenters. The van der Waals surface area contributed by atoms with Crippen molar-refractivity contribution in [2.24, 2.45) is 5.92 Å². The molecule has 0 aliphatic rings. The van der Waals surface area contributed by atoms with E-state index in [9.17, 15) is 39.5 Å². The molecule has 0 radical (unpaired) electrons. The minimum Gasteiger partial charge on any atom is -0.237 e. The number of halogens is 9. The first-order valence-corrected chi connectivity index (χ1v) is 3.03. The minimum atomic E-state index is -5.95. The molecule has 0 aromatic carbocycles. The zero-order chi connectivity index (χ0) is 11.7. The summed E-state index contributed by atoms with van der Waals surface area (Å²) in [5.41, 5.74) is 0. The highest BCUT2D eigenvalue weighted by Crippen LogP contribution is 2.41. The number of alkyl halides is 9. The van der Waals surface area contributed by atoms with E-state index in [1.54, 1.807) is 0 Å². The van der Waals surface area contributed by atoms with Gasteiger partial charge in [0.15, 0.2) is 5.92 Å². The normalized spacial score (nSPS) is 18.4. The van der Waals surface area contributed by atoms with Crippen molar-refractivity contribution in [2.75, 3.05) is 0 Å². The first kappa shape index (κ1) is 13.4. The molecule has 86 valence electrons. The molecule has 0 aromatic heterocycles. The zero-order valence-electron chi connectivity index (χ0n) is 6.13. The lowest BCUT2D eigenvalue weighted by atomic mass is 10.0. The fraction of sp³-hybridized carbons (Fsp3) is 1.00. The Kier molecular flexibility index (Phi) is 3.68. The second kappa shape index (κ2) is 3.85. The van der Waals surface area contributed by atoms with Crippen LogP contribution >= 0.6 is 0 Å². The topological polar surface area (TPSA) is 0 Å². The van der Waals surface area contributed by atoms with Gasteiger partial charge in [-0.1, -0.05) is 0 Å². The van der Waals surface area contributed by atoms with E-state index in [4.69, 9.17) is 0 Å². The Hall–Kier alpha value is -0.630. The second-order valence-corrected chi connectivity index (χ2v) is 2.35. The van der Waals surface area contributed by atoms with Crippen molar-refractivity contribution >= 4 is 0 Å². The second-order valence-electron chi connectivity index (χ2n) is 2.35. The maximum absolute atomic E-state index is 12.0. The van der Waals surface area contributed by atoms with Crippen LogP contribution in [0.5, 0.6) is 0 Å². The van der Waals surface area contributed by atoms with Crippen LogP contribution < -0.4 is 0 Å². The van der Waals surface area contributed by atoms with Crippen molar-refractivity contribution in [2.45, 2.75) is 24.9 Å². The molecule has 0 spiro atoms. The van der Waals surface area contributed by atoms with E-state index in [-0.39, 0.29) is 0 Å². The van der Waals surface area contributed by atoms with Gasteiger partial charge < -0.3 is 0 Å². The highest BCUT2D eigenvalue weighted by molar-refractivity contribution is 4.83. The average Bonchev–Trinajstić information content (AvgIpc) is 1.79. The number of rotatable bonds is 2. The van der Waals surface area contributed by atoms with Crippen LogP contribution in [0.4, 0.5) is 39.5 Å². The van der Waals surface area contributed by atoms with E-state index in [1.807, 2.05) is 0 Å². The van der Waals surface area contributed by atoms with E-state index in [1.165, 1.54) is 0 Å². The molecule has 14 heavy (non-hydrogen) atoms. The standard InChI is InChI=1S/C5H3F9/c6-2(5(12,13)14)1(3(7)8)4(9,10)11/h1-3H. The molecule has 2 unspecified atom stereocenters. The molecule has 0 heterocycles. The van der Waals surface area contributed by atoms with Gasteiger partial charge in [0, 0.05) is 0 Å². The van der Waals surface area contributed by atoms with Crippen LogP contribution in [-0.4, -0.2) is 24.9 Å². The fourth-order valence-electron chi connectivity index (χ4n) is 0.640. The third-order valence-corrected chi connectivity index (χ3v) is 1.28. The van der Waals surface area contributed by atoms with E-state index in [0.29, 0.717) is 0 Å². The quantitative estimate of drug-likeness (QED) is 0.643. The lowest BCUT2D eigenvalue weighted by Crippen LogP contribution is -2.44. The summed E-state index contributed by atoms with van der Waals surface area (Å²) in [5, 5.41) is 0. The summed E-state index contributed by atoms with van der Waals surface area (Å²) in [6.07, 6.45) is -20.9. The smallest absolute Gasteiger partial charge is 0.237 e. The van der Waals surface area contributed by atoms with Gasteiger partial charge in [-0.2, -0.15) is 26.3 Å². The summed E-state index contributed by atoms with van der Waals surface area (Å²) in [5.74, 6) is -4.33. The molecular weight excluding hydrogens is 231 g/mol. The Balaban J connectivity index is 4.86. The molecule has 0 rings (SSSR count). The largest absolute Gasteiger partial charge is 0.420 e. The van der Waals surface area contributed by atoms with Gasteiger partial charge in [-0.25, -0.2) is 13.2 Å². The van der Waals surface area contributed by atoms with Crippen molar-refractivity contribution in [3.05, 3.63) is 0 Å². The van der Waals surface area contributed by atoms with Crippen molar-refractivity contribution < 1.29 is 39.5 Å². The number of hydrogen-bond donors (Lipinski definition) is 0. The molecule has 0 aliphatic heterocycles. The summed E-state index contributed by atoms with van der Waals surface area (Å²) in [6.45, 7) is 0. The molecule has 0 aromatic rings. The molecule has 9 heteroatoms. The van der Waals surface area contributed by atoms with Gasteiger partial charge in [0.1, 0.15) is 0 Å². The summed E-state index contributed by atoms with van der Waals surface area (Å²) in [4.78, 5) is 0. The van der Waals surface area contributed by atoms with Gasteiger partial charge >= 0.3 is 12.4 Å². The highest BCUT2D eigenvalue weighted by Gasteiger charge is 2.60. The van der Waals surface area contributed by atoms with Crippen molar-refractivity contribution in [1.29, 1.82) is 0 Å². The predicted octanol–water partition coefficient (Wildman–Crippen LogP) is 3.33. The Morgan fingerprint density at radius 3 is 1.07 bits per heavy atom. The molecule has 0 N–H and O–H groups in total. The lowest BCUT2D eigenvalue weighted by molar-refractivity contribution is -0.279. The van der Waals surface area contributed by atoms with E-state index in [2.05, 4.69) is 0 Å². The maximum atomic E-state index is 12.0. The molecular formula is C5H3F9. The van der Waals surface area contributed by atoms with Crippen molar-refractivity contribution in [1.82, 2.24) is 0 Å². The number of hydrogen-bond acceptors (Lipinski definition) is 0. The van der Waals surface area contributed by atoms with Crippen LogP contribution in [0.1, 0.15) is 0 Å². The van der Waals surface area contributed by atoms with Crippen LogP contribution in [-0.2, 0) is 0 Å². The molecule has 0 saturated heterocycles. The first-order chi connectivity index (χ1) is 5.98. The zero-order valence-corrected chi connectivity index (χ0v) is 6.13. The van der Waals surface area contributed by atoms with Crippen LogP contribution in [0.25, 0.3) is 0 Å². The Bertz CT molecular complexity index is 177. The van der Waals surface area contributed by atoms with Crippen LogP contribution in [0.15, 0.2) is 0 Å². The van der Waals surface area contributed by atoms with Gasteiger partial charge in [-0.15, -0.1) is 0 Å². The molecule has 0 nitrogen and oxygen atoms in total. The van der Waals surface area contributed by atoms with Gasteiger partial charge in [0.05, 0.1) is 0 Å². The van der Waals surface area contributed by atoms with E-state index >= 15 is 0 Å². The van der Waals surface area contributed by atoms with Crippen LogP contribution in [0.3, 0.4) is 0 Å². The Morgan fingerprint density at radius 1 is 0.643 bits per heavy atom. The Morgan fingerprint density at radius 2 is 1.00 bits per heavy atom. The summed E-state index contributed by atoms with van der Waals surface area (Å²) in [6, 6.07) is 0. The third-order valence-electron chi connectivity index (χ3n) is 1.28. The fourth-order valence-corrected chi connectivity index (χ4v) is 0.640. The summed E-state index contributed by atoms with van der Waals surface area (Å²) >= 11 is 0. The van der Waals surface area contributed by atoms with Crippen LogP contribution in [0, 0.1) is 5.92 Å². The predicted molar refractivity (Wildman–Crippen MR) is 26.5 cm³/mol. The lowest BCUT2D eigenvalue weighted by Gasteiger charge is -2.24. The average molecular weight is 234 g/mol. The van der Waals surface area contributed by atoms with Crippen molar-refractivity contribution in [3.8, 4) is 0 Å². The van der Waals surface area contributed by atoms with Gasteiger partial charge in [0.25, 0.3) is 6.43 Å². The molecule has 0 fully saturated rings. The van der Waals surface area contributed by atoms with Gasteiger partial charge in [-0.3, -0.25) is 0 Å². The van der Waals surface area contributed by atoms with E-state index < -0.39 is 30.9 Å². The van der Waals surface area contributed by atoms with Crippen molar-refractivity contribution in [3.63, 3.8) is 0 Å². The summed E-state index contributed by atoms with van der Waals surface area (Å²) in [7, 11) is 0. The Labute approximate surface area is 71.7 Å². The minimum absolute atomic E-state index is 4.33. The van der Waals surface area contributed by atoms with Gasteiger partial charge in [-0.05, 0) is 0 Å². The third kappa shape index (κ3) is 3.26.